The third-order valence-corrected chi connectivity index (χ3v) is 5.79. The molecule has 1 aromatic carbocycles. The van der Waals surface area contributed by atoms with Crippen LogP contribution in [0.25, 0.3) is 11.4 Å². The van der Waals surface area contributed by atoms with Gasteiger partial charge in [0, 0.05) is 24.2 Å². The molecule has 1 amide bonds. The van der Waals surface area contributed by atoms with E-state index >= 15 is 0 Å². The number of aromatic nitrogens is 4. The molecule has 8 nitrogen and oxygen atoms in total. The number of nitrogens with one attached hydrogen (secondary N) is 1. The normalized spacial score (nSPS) is 22.7. The van der Waals surface area contributed by atoms with Crippen LogP contribution in [0.2, 0.25) is 0 Å². The van der Waals surface area contributed by atoms with E-state index in [-0.39, 0.29) is 11.9 Å². The summed E-state index contributed by atoms with van der Waals surface area (Å²) in [4.78, 5) is 23.3. The maximum atomic E-state index is 13.2. The monoisotopic (exact) mass is 408 g/mol. The molecule has 1 saturated heterocycles. The van der Waals surface area contributed by atoms with Crippen molar-refractivity contribution in [1.82, 2.24) is 25.1 Å². The molecule has 30 heavy (non-hydrogen) atoms. The fraction of sp³-hybridized carbons (Fsp3) is 0.381. The number of piperidine rings is 1. The third kappa shape index (κ3) is 3.56. The Morgan fingerprint density at radius 3 is 2.77 bits per heavy atom. The number of anilines is 1. The molecule has 0 bridgehead atoms. The first-order chi connectivity index (χ1) is 14.5. The van der Waals surface area contributed by atoms with E-state index in [1.165, 1.54) is 0 Å². The molecule has 0 radical (unpaired) electrons. The summed E-state index contributed by atoms with van der Waals surface area (Å²) in [6, 6.07) is 5.72. The van der Waals surface area contributed by atoms with E-state index in [1.54, 1.807) is 6.92 Å². The zero-order valence-electron chi connectivity index (χ0n) is 16.7. The number of halogens is 1. The van der Waals surface area contributed by atoms with Gasteiger partial charge in [-0.25, -0.2) is 14.4 Å². The van der Waals surface area contributed by atoms with Gasteiger partial charge in [-0.3, -0.25) is 9.69 Å². The van der Waals surface area contributed by atoms with Gasteiger partial charge in [0.2, 0.25) is 17.7 Å². The number of hydrogen-bond acceptors (Lipinski definition) is 7. The van der Waals surface area contributed by atoms with E-state index in [9.17, 15) is 9.18 Å². The van der Waals surface area contributed by atoms with Gasteiger partial charge in [-0.05, 0) is 43.4 Å². The van der Waals surface area contributed by atoms with Gasteiger partial charge in [0.1, 0.15) is 0 Å². The topological polar surface area (TPSA) is 97.0 Å². The highest BCUT2D eigenvalue weighted by molar-refractivity contribution is 5.95. The Hall–Kier alpha value is -3.20. The molecule has 1 aliphatic carbocycles. The molecule has 154 valence electrons. The molecule has 3 aromatic rings. The van der Waals surface area contributed by atoms with E-state index in [0.717, 1.165) is 36.4 Å². The maximum absolute atomic E-state index is 13.2. The van der Waals surface area contributed by atoms with Crippen LogP contribution in [0.15, 0.2) is 35.0 Å². The molecule has 0 spiro atoms. The van der Waals surface area contributed by atoms with Crippen molar-refractivity contribution in [2.45, 2.75) is 45.3 Å². The van der Waals surface area contributed by atoms with Gasteiger partial charge >= 0.3 is 0 Å². The van der Waals surface area contributed by atoms with E-state index in [4.69, 9.17) is 4.42 Å². The minimum Gasteiger partial charge on any atom is -0.424 e. The summed E-state index contributed by atoms with van der Waals surface area (Å²) >= 11 is 0. The first-order valence-electron chi connectivity index (χ1n) is 9.92. The van der Waals surface area contributed by atoms with Crippen LogP contribution in [0, 0.1) is 25.6 Å². The second-order valence-corrected chi connectivity index (χ2v) is 7.95. The zero-order valence-corrected chi connectivity index (χ0v) is 16.7. The average molecular weight is 408 g/mol. The Morgan fingerprint density at radius 1 is 1.23 bits per heavy atom. The van der Waals surface area contributed by atoms with Crippen molar-refractivity contribution in [3.05, 3.63) is 53.8 Å². The lowest BCUT2D eigenvalue weighted by molar-refractivity contribution is -0.121. The Kier molecular flexibility index (Phi) is 4.54. The highest BCUT2D eigenvalue weighted by Gasteiger charge is 2.54. The van der Waals surface area contributed by atoms with Crippen LogP contribution in [-0.2, 0) is 11.3 Å². The van der Waals surface area contributed by atoms with E-state index in [2.05, 4.69) is 30.4 Å². The largest absolute Gasteiger partial charge is 0.424 e. The molecule has 3 atom stereocenters. The van der Waals surface area contributed by atoms with Crippen LogP contribution >= 0.6 is 0 Å². The summed E-state index contributed by atoms with van der Waals surface area (Å²) in [7, 11) is 0. The highest BCUT2D eigenvalue weighted by atomic mass is 19.1. The SMILES string of the molecule is Cc1nnc(CN2[C@@H](C(=O)Nc3ccc(C)c(-c4ncc(F)cn4)c3)C[C@H]3C[C@H]32)o1. The molecule has 9 heteroatoms. The Morgan fingerprint density at radius 2 is 2.03 bits per heavy atom. The van der Waals surface area contributed by atoms with Gasteiger partial charge in [0.25, 0.3) is 0 Å². The van der Waals surface area contributed by atoms with Gasteiger partial charge < -0.3 is 9.73 Å². The van der Waals surface area contributed by atoms with Crippen LogP contribution in [0.3, 0.4) is 0 Å². The fourth-order valence-corrected chi connectivity index (χ4v) is 4.20. The van der Waals surface area contributed by atoms with Gasteiger partial charge in [0.15, 0.2) is 11.6 Å². The van der Waals surface area contributed by atoms with E-state index in [1.807, 2.05) is 25.1 Å². The number of carbonyl (C=O) groups is 1. The highest BCUT2D eigenvalue weighted by Crippen LogP contribution is 2.48. The fourth-order valence-electron chi connectivity index (χ4n) is 4.20. The lowest BCUT2D eigenvalue weighted by Crippen LogP contribution is -2.41. The summed E-state index contributed by atoms with van der Waals surface area (Å²) in [5.74, 6) is 1.47. The molecular weight excluding hydrogens is 387 g/mol. The summed E-state index contributed by atoms with van der Waals surface area (Å²) in [6.07, 6.45) is 4.20. The standard InChI is InChI=1S/C21H21FN6O2/c1-11-3-4-15(7-16(11)20-23-8-14(22)9-24-20)25-21(29)18-6-13-5-17(13)28(18)10-19-27-26-12(2)30-19/h3-4,7-9,13,17-18H,5-6,10H2,1-2H3,(H,25,29)/t13-,17-,18-/m1/s1. The number of amides is 1. The lowest BCUT2D eigenvalue weighted by Gasteiger charge is -2.25. The van der Waals surface area contributed by atoms with E-state index in [0.29, 0.717) is 41.8 Å². The predicted octanol–water partition coefficient (Wildman–Crippen LogP) is 2.88. The average Bonchev–Trinajstić information content (AvgIpc) is 3.24. The molecule has 2 fully saturated rings. The number of rotatable bonds is 5. The Labute approximate surface area is 172 Å². The van der Waals surface area contributed by atoms with Crippen molar-refractivity contribution in [2.75, 3.05) is 5.32 Å². The first kappa shape index (κ1) is 18.8. The Balaban J connectivity index is 1.33. The molecular formula is C21H21FN6O2. The van der Waals surface area contributed by atoms with Crippen molar-refractivity contribution >= 4 is 11.6 Å². The quantitative estimate of drug-likeness (QED) is 0.693. The molecule has 3 heterocycles. The number of nitrogens with zero attached hydrogens (tertiary/aromatic N) is 5. The predicted molar refractivity (Wildman–Crippen MR) is 106 cm³/mol. The van der Waals surface area contributed by atoms with Gasteiger partial charge in [0.05, 0.1) is 25.0 Å². The molecule has 2 aliphatic rings. The number of benzene rings is 1. The number of likely N-dealkylation sites (tertiary alicyclic amines) is 1. The van der Waals surface area contributed by atoms with Crippen LogP contribution in [-0.4, -0.2) is 43.1 Å². The van der Waals surface area contributed by atoms with Crippen molar-refractivity contribution in [3.63, 3.8) is 0 Å². The van der Waals surface area contributed by atoms with Gasteiger partial charge in [-0.1, -0.05) is 6.07 Å². The van der Waals surface area contributed by atoms with Crippen LogP contribution in [0.4, 0.5) is 10.1 Å². The van der Waals surface area contributed by atoms with Crippen molar-refractivity contribution in [2.24, 2.45) is 5.92 Å². The minimum atomic E-state index is -0.489. The molecule has 5 rings (SSSR count). The minimum absolute atomic E-state index is 0.0618. The van der Waals surface area contributed by atoms with Gasteiger partial charge in [-0.15, -0.1) is 10.2 Å². The second kappa shape index (κ2) is 7.24. The van der Waals surface area contributed by atoms with Crippen LogP contribution < -0.4 is 5.32 Å². The second-order valence-electron chi connectivity index (χ2n) is 7.95. The molecule has 1 saturated carbocycles. The summed E-state index contributed by atoms with van der Waals surface area (Å²) < 4.78 is 18.7. The summed E-state index contributed by atoms with van der Waals surface area (Å²) in [5, 5.41) is 11.0. The van der Waals surface area contributed by atoms with Crippen LogP contribution in [0.5, 0.6) is 0 Å². The molecule has 2 aromatic heterocycles. The number of fused-ring (bicyclic) bond motifs is 1. The number of carbonyl (C=O) groups excluding carboxylic acids is 1. The van der Waals surface area contributed by atoms with Crippen LogP contribution in [0.1, 0.15) is 30.2 Å². The number of aryl methyl sites for hydroxylation is 2. The van der Waals surface area contributed by atoms with Crippen molar-refractivity contribution in [1.29, 1.82) is 0 Å². The molecule has 1 N–H and O–H groups in total. The van der Waals surface area contributed by atoms with Crippen molar-refractivity contribution in [3.8, 4) is 11.4 Å². The first-order valence-corrected chi connectivity index (χ1v) is 9.92. The molecule has 0 unspecified atom stereocenters. The summed E-state index contributed by atoms with van der Waals surface area (Å²) in [6.45, 7) is 4.15. The Bertz CT molecular complexity index is 1100. The molecule has 1 aliphatic heterocycles. The van der Waals surface area contributed by atoms with E-state index < -0.39 is 5.82 Å². The lowest BCUT2D eigenvalue weighted by atomic mass is 10.1. The maximum Gasteiger partial charge on any atom is 0.241 e. The zero-order chi connectivity index (χ0) is 20.8. The number of hydrogen-bond donors (Lipinski definition) is 1. The third-order valence-electron chi connectivity index (χ3n) is 5.79. The smallest absolute Gasteiger partial charge is 0.241 e. The van der Waals surface area contributed by atoms with Crippen molar-refractivity contribution < 1.29 is 13.6 Å². The van der Waals surface area contributed by atoms with Gasteiger partial charge in [-0.2, -0.15) is 0 Å². The summed E-state index contributed by atoms with van der Waals surface area (Å²) in [5.41, 5.74) is 2.35.